The summed E-state index contributed by atoms with van der Waals surface area (Å²) >= 11 is 0. The average Bonchev–Trinajstić information content (AvgIpc) is 3.60. The Labute approximate surface area is 257 Å². The molecule has 10 nitrogen and oxygen atoms in total. The van der Waals surface area contributed by atoms with Gasteiger partial charge in [-0.05, 0) is 69.1 Å². The molecule has 2 saturated heterocycles. The fourth-order valence-electron chi connectivity index (χ4n) is 6.82. The van der Waals surface area contributed by atoms with Gasteiger partial charge in [-0.25, -0.2) is 0 Å². The van der Waals surface area contributed by atoms with Crippen LogP contribution in [0, 0.1) is 5.92 Å². The number of carboxylic acids is 1. The molecule has 4 rings (SSSR count). The third-order valence-electron chi connectivity index (χ3n) is 9.18. The molecule has 4 atom stereocenters. The maximum Gasteiger partial charge on any atom is 0.308 e. The number of methoxy groups -OCH3 is 1. The lowest BCUT2D eigenvalue weighted by molar-refractivity contribution is -0.870. The van der Waals surface area contributed by atoms with Gasteiger partial charge in [0.2, 0.25) is 18.4 Å². The van der Waals surface area contributed by atoms with Crippen molar-refractivity contribution in [2.24, 2.45) is 5.92 Å². The molecule has 1 amide bonds. The minimum Gasteiger partial charge on any atom is -0.493 e. The van der Waals surface area contributed by atoms with E-state index in [2.05, 4.69) is 33.0 Å². The zero-order chi connectivity index (χ0) is 31.0. The third-order valence-corrected chi connectivity index (χ3v) is 9.18. The smallest absolute Gasteiger partial charge is 0.308 e. The van der Waals surface area contributed by atoms with E-state index in [4.69, 9.17) is 18.9 Å². The minimum atomic E-state index is -0.839. The van der Waals surface area contributed by atoms with Crippen LogP contribution < -0.4 is 14.2 Å². The molecule has 10 heteroatoms. The van der Waals surface area contributed by atoms with Gasteiger partial charge in [-0.1, -0.05) is 13.3 Å². The molecule has 3 aliphatic heterocycles. The van der Waals surface area contributed by atoms with Crippen LogP contribution in [0.25, 0.3) is 0 Å². The Hall–Kier alpha value is -2.56. The van der Waals surface area contributed by atoms with Gasteiger partial charge in [-0.3, -0.25) is 14.5 Å². The molecule has 3 aliphatic rings. The summed E-state index contributed by atoms with van der Waals surface area (Å²) < 4.78 is 23.8. The Morgan fingerprint density at radius 1 is 1.09 bits per heavy atom. The van der Waals surface area contributed by atoms with Crippen molar-refractivity contribution in [1.82, 2.24) is 9.80 Å². The first-order chi connectivity index (χ1) is 20.6. The monoisotopic (exact) mass is 604 g/mol. The van der Waals surface area contributed by atoms with Gasteiger partial charge in [-0.2, -0.15) is 0 Å². The first-order valence-corrected chi connectivity index (χ1v) is 16.3. The number of amides is 1. The van der Waals surface area contributed by atoms with E-state index in [1.54, 1.807) is 7.11 Å². The van der Waals surface area contributed by atoms with Crippen LogP contribution in [-0.4, -0.2) is 118 Å². The number of aliphatic carboxylic acids is 1. The van der Waals surface area contributed by atoms with Gasteiger partial charge in [0.25, 0.3) is 0 Å². The lowest BCUT2D eigenvalue weighted by atomic mass is 9.83. The van der Waals surface area contributed by atoms with E-state index in [0.29, 0.717) is 30.2 Å². The molecule has 0 radical (unpaired) electrons. The number of carbonyl (C=O) groups is 2. The molecular weight excluding hydrogens is 550 g/mol. The van der Waals surface area contributed by atoms with E-state index in [9.17, 15) is 14.7 Å². The largest absolute Gasteiger partial charge is 0.493 e. The summed E-state index contributed by atoms with van der Waals surface area (Å²) in [5.74, 6) is -0.0871. The number of ether oxygens (including phenoxy) is 4. The van der Waals surface area contributed by atoms with Crippen molar-refractivity contribution >= 4 is 11.9 Å². The number of likely N-dealkylation sites (tertiary alicyclic amines) is 1. The van der Waals surface area contributed by atoms with E-state index in [-0.39, 0.29) is 37.3 Å². The zero-order valence-electron chi connectivity index (χ0n) is 27.0. The van der Waals surface area contributed by atoms with E-state index >= 15 is 0 Å². The number of unbranched alkanes of at least 4 members (excludes halogenated alkanes) is 2. The summed E-state index contributed by atoms with van der Waals surface area (Å²) in [5, 5.41) is 10.6. The second-order valence-electron chi connectivity index (χ2n) is 13.4. The predicted octanol–water partition coefficient (Wildman–Crippen LogP) is 4.36. The molecule has 3 heterocycles. The quantitative estimate of drug-likeness (QED) is 0.220. The highest BCUT2D eigenvalue weighted by Crippen LogP contribution is 2.47. The van der Waals surface area contributed by atoms with Crippen LogP contribution >= 0.6 is 0 Å². The van der Waals surface area contributed by atoms with Crippen LogP contribution in [0.15, 0.2) is 12.1 Å². The van der Waals surface area contributed by atoms with Crippen LogP contribution in [0.3, 0.4) is 0 Å². The maximum absolute atomic E-state index is 13.9. The summed E-state index contributed by atoms with van der Waals surface area (Å²) in [5.41, 5.74) is 0.838. The molecule has 0 bridgehead atoms. The van der Waals surface area contributed by atoms with Gasteiger partial charge in [0.1, 0.15) is 0 Å². The maximum atomic E-state index is 13.9. The van der Waals surface area contributed by atoms with Crippen molar-refractivity contribution < 1.29 is 38.1 Å². The molecule has 0 aliphatic carbocycles. The van der Waals surface area contributed by atoms with Gasteiger partial charge in [0.15, 0.2) is 11.5 Å². The van der Waals surface area contributed by atoms with Crippen LogP contribution in [0.1, 0.15) is 76.2 Å². The molecule has 0 aromatic heterocycles. The zero-order valence-corrected chi connectivity index (χ0v) is 27.0. The van der Waals surface area contributed by atoms with Crippen LogP contribution in [0.4, 0.5) is 0 Å². The van der Waals surface area contributed by atoms with Gasteiger partial charge < -0.3 is 33.4 Å². The summed E-state index contributed by atoms with van der Waals surface area (Å²) in [6.45, 7) is 6.24. The van der Waals surface area contributed by atoms with E-state index in [1.165, 1.54) is 0 Å². The van der Waals surface area contributed by atoms with E-state index in [1.807, 2.05) is 17.0 Å². The predicted molar refractivity (Wildman–Crippen MR) is 165 cm³/mol. The molecular formula is C33H54N3O7+. The standard InChI is InChI=1S/C33H53N3O7/c1-6-7-15-34(16-9-10-17-36(2,3)4)30(37)22-35-21-26(24-19-28(40-5)32-29(20-24)42-23-43-32)31(33(38)39)27(35)14-13-25-12-8-11-18-41-25/h19-20,25-27,31H,6-18,21-23H2,1-5H3/p+1/t25?,26-,27+,31-/m1/s1. The fraction of sp³-hybridized carbons (Fsp3) is 0.758. The first kappa shape index (κ1) is 33.3. The van der Waals surface area contributed by atoms with Crippen LogP contribution in [0.5, 0.6) is 17.2 Å². The normalized spacial score (nSPS) is 23.8. The number of hydrogen-bond donors (Lipinski definition) is 1. The van der Waals surface area contributed by atoms with Crippen molar-refractivity contribution in [1.29, 1.82) is 0 Å². The van der Waals surface area contributed by atoms with Gasteiger partial charge in [-0.15, -0.1) is 0 Å². The van der Waals surface area contributed by atoms with Crippen LogP contribution in [0.2, 0.25) is 0 Å². The molecule has 1 unspecified atom stereocenters. The molecule has 1 aromatic carbocycles. The SMILES string of the molecule is CCCCN(CCCC[N+](C)(C)C)C(=O)CN1C[C@H](c2cc(OC)c3c(c2)OCO3)[C@@H](C(=O)O)[C@@H]1CCC1CCCCO1. The lowest BCUT2D eigenvalue weighted by Gasteiger charge is -2.31. The Kier molecular flexibility index (Phi) is 12.0. The molecule has 1 N–H and O–H groups in total. The van der Waals surface area contributed by atoms with Crippen molar-refractivity contribution in [3.63, 3.8) is 0 Å². The van der Waals surface area contributed by atoms with Crippen molar-refractivity contribution in [3.05, 3.63) is 17.7 Å². The Balaban J connectivity index is 1.55. The van der Waals surface area contributed by atoms with E-state index < -0.39 is 11.9 Å². The number of hydrogen-bond acceptors (Lipinski definition) is 7. The minimum absolute atomic E-state index is 0.0886. The van der Waals surface area contributed by atoms with Gasteiger partial charge >= 0.3 is 5.97 Å². The summed E-state index contributed by atoms with van der Waals surface area (Å²) in [7, 11) is 8.15. The average molecular weight is 605 g/mol. The molecule has 43 heavy (non-hydrogen) atoms. The first-order valence-electron chi connectivity index (χ1n) is 16.3. The number of rotatable bonds is 16. The Bertz CT molecular complexity index is 1070. The number of carbonyl (C=O) groups excluding carboxylic acids is 1. The highest BCUT2D eigenvalue weighted by Gasteiger charge is 2.47. The van der Waals surface area contributed by atoms with Gasteiger partial charge in [0, 0.05) is 38.2 Å². The third kappa shape index (κ3) is 8.99. The number of fused-ring (bicyclic) bond motifs is 1. The second kappa shape index (κ2) is 15.4. The Morgan fingerprint density at radius 2 is 1.88 bits per heavy atom. The summed E-state index contributed by atoms with van der Waals surface area (Å²) in [6.07, 6.45) is 8.83. The number of carboxylic acid groups (broad SMARTS) is 1. The fourth-order valence-corrected chi connectivity index (χ4v) is 6.82. The lowest BCUT2D eigenvalue weighted by Crippen LogP contribution is -2.45. The highest BCUT2D eigenvalue weighted by atomic mass is 16.7. The van der Waals surface area contributed by atoms with Gasteiger partial charge in [0.05, 0.1) is 53.4 Å². The second-order valence-corrected chi connectivity index (χ2v) is 13.4. The molecule has 242 valence electrons. The highest BCUT2D eigenvalue weighted by molar-refractivity contribution is 5.79. The van der Waals surface area contributed by atoms with E-state index in [0.717, 1.165) is 87.7 Å². The van der Waals surface area contributed by atoms with Crippen molar-refractivity contribution in [2.75, 3.05) is 74.4 Å². The topological polar surface area (TPSA) is 97.8 Å². The number of nitrogens with zero attached hydrogens (tertiary/aromatic N) is 3. The van der Waals surface area contributed by atoms with Crippen molar-refractivity contribution in [3.8, 4) is 17.2 Å². The van der Waals surface area contributed by atoms with Crippen LogP contribution in [-0.2, 0) is 14.3 Å². The summed E-state index contributed by atoms with van der Waals surface area (Å²) in [4.78, 5) is 31.0. The van der Waals surface area contributed by atoms with Crippen molar-refractivity contribution in [2.45, 2.75) is 82.8 Å². The summed E-state index contributed by atoms with van der Waals surface area (Å²) in [6, 6.07) is 3.49. The molecule has 1 aromatic rings. The molecule has 0 saturated carbocycles. The molecule has 0 spiro atoms. The number of quaternary nitrogens is 1. The number of benzene rings is 1. The molecule has 2 fully saturated rings. The Morgan fingerprint density at radius 3 is 2.56 bits per heavy atom.